The smallest absolute Gasteiger partial charge is 0.311 e. The van der Waals surface area contributed by atoms with Gasteiger partial charge in [0.25, 0.3) is 0 Å². The molecule has 0 saturated heterocycles. The van der Waals surface area contributed by atoms with E-state index in [9.17, 15) is 14.4 Å². The van der Waals surface area contributed by atoms with Crippen LogP contribution in [0.5, 0.6) is 0 Å². The summed E-state index contributed by atoms with van der Waals surface area (Å²) in [6.45, 7) is 6.11. The number of rotatable bonds is 34. The fraction of sp³-hybridized carbons (Fsp3) is 0.881. The van der Waals surface area contributed by atoms with E-state index in [1.807, 2.05) is 0 Å². The van der Waals surface area contributed by atoms with Crippen LogP contribution in [0.25, 0.3) is 0 Å². The maximum atomic E-state index is 12.9. The molecule has 0 aromatic rings. The van der Waals surface area contributed by atoms with Gasteiger partial charge < -0.3 is 14.2 Å². The standard InChI is InChI=1S/C42H76O6/c1-4-6-8-10-12-14-16-18-20-22-24-26-28-30-32-34-39(43)47-38-36-46-37(3)42(41(38)45)48-40(44)35-33-31-29-27-25-23-21-19-17-15-13-11-9-7-5-2/h38H,4-36H2,1-3H3. The van der Waals surface area contributed by atoms with Crippen molar-refractivity contribution in [3.63, 3.8) is 0 Å². The van der Waals surface area contributed by atoms with E-state index < -0.39 is 23.8 Å². The zero-order valence-corrected chi connectivity index (χ0v) is 31.9. The molecule has 1 rings (SSSR count). The third-order valence-corrected chi connectivity index (χ3v) is 9.75. The average molecular weight is 677 g/mol. The zero-order valence-electron chi connectivity index (χ0n) is 31.9. The van der Waals surface area contributed by atoms with Crippen molar-refractivity contribution >= 4 is 17.7 Å². The molecule has 0 radical (unpaired) electrons. The Balaban J connectivity index is 2.04. The fourth-order valence-corrected chi connectivity index (χ4v) is 6.54. The Kier molecular flexibility index (Phi) is 29.8. The van der Waals surface area contributed by atoms with Gasteiger partial charge in [0.2, 0.25) is 17.6 Å². The number of esters is 2. The van der Waals surface area contributed by atoms with Crippen LogP contribution in [0, 0.1) is 0 Å². The number of allylic oxidation sites excluding steroid dienone is 1. The van der Waals surface area contributed by atoms with Crippen molar-refractivity contribution in [2.45, 2.75) is 232 Å². The van der Waals surface area contributed by atoms with Crippen LogP contribution in [-0.2, 0) is 28.6 Å². The molecule has 0 N–H and O–H groups in total. The Hall–Kier alpha value is -1.85. The summed E-state index contributed by atoms with van der Waals surface area (Å²) in [6.07, 6.45) is 37.5. The SMILES string of the molecule is CCCCCCCCCCCCCCCCCC(=O)OC1=C(C)OCC(OC(=O)CCCCCCCCCCCCCCCCC)C1=O. The molecule has 0 saturated carbocycles. The normalized spacial score (nSPS) is 14.7. The first kappa shape index (κ1) is 44.2. The van der Waals surface area contributed by atoms with E-state index in [0.29, 0.717) is 6.42 Å². The Morgan fingerprint density at radius 1 is 0.521 bits per heavy atom. The molecule has 1 unspecified atom stereocenters. The number of hydrogen-bond acceptors (Lipinski definition) is 6. The summed E-state index contributed by atoms with van der Waals surface area (Å²) in [5.74, 6) is -1.14. The first-order valence-electron chi connectivity index (χ1n) is 20.8. The topological polar surface area (TPSA) is 78.9 Å². The highest BCUT2D eigenvalue weighted by molar-refractivity contribution is 6.00. The average Bonchev–Trinajstić information content (AvgIpc) is 3.08. The van der Waals surface area contributed by atoms with Crippen molar-refractivity contribution in [3.8, 4) is 0 Å². The number of ether oxygens (including phenoxy) is 3. The van der Waals surface area contributed by atoms with Crippen LogP contribution in [0.4, 0.5) is 0 Å². The molecule has 1 aliphatic heterocycles. The minimum atomic E-state index is -1.05. The number of Topliss-reactive ketones (excluding diaryl/α,β-unsaturated/α-hetero) is 1. The highest BCUT2D eigenvalue weighted by atomic mass is 16.6. The van der Waals surface area contributed by atoms with Crippen molar-refractivity contribution in [2.75, 3.05) is 6.61 Å². The molecule has 1 heterocycles. The third-order valence-electron chi connectivity index (χ3n) is 9.75. The highest BCUT2D eigenvalue weighted by Crippen LogP contribution is 2.22. The van der Waals surface area contributed by atoms with E-state index in [-0.39, 0.29) is 24.5 Å². The van der Waals surface area contributed by atoms with E-state index >= 15 is 0 Å². The summed E-state index contributed by atoms with van der Waals surface area (Å²) >= 11 is 0. The maximum Gasteiger partial charge on any atom is 0.311 e. The second kappa shape index (κ2) is 32.4. The van der Waals surface area contributed by atoms with E-state index in [1.165, 1.54) is 154 Å². The minimum Gasteiger partial charge on any atom is -0.490 e. The quantitative estimate of drug-likeness (QED) is 0.0498. The number of unbranched alkanes of at least 4 members (excludes halogenated alkanes) is 28. The van der Waals surface area contributed by atoms with Crippen molar-refractivity contribution in [1.29, 1.82) is 0 Å². The third kappa shape index (κ3) is 25.2. The van der Waals surface area contributed by atoms with Crippen LogP contribution >= 0.6 is 0 Å². The molecule has 0 aliphatic carbocycles. The van der Waals surface area contributed by atoms with Crippen molar-refractivity contribution in [3.05, 3.63) is 11.5 Å². The molecule has 6 nitrogen and oxygen atoms in total. The van der Waals surface area contributed by atoms with Crippen LogP contribution < -0.4 is 0 Å². The number of hydrogen-bond donors (Lipinski definition) is 0. The lowest BCUT2D eigenvalue weighted by molar-refractivity contribution is -0.161. The number of carbonyl (C=O) groups is 3. The summed E-state index contributed by atoms with van der Waals surface area (Å²) in [5.41, 5.74) is 0. The first-order chi connectivity index (χ1) is 23.5. The fourth-order valence-electron chi connectivity index (χ4n) is 6.54. The molecule has 48 heavy (non-hydrogen) atoms. The monoisotopic (exact) mass is 677 g/mol. The molecule has 0 bridgehead atoms. The predicted octanol–water partition coefficient (Wildman–Crippen LogP) is 12.8. The Bertz CT molecular complexity index is 834. The summed E-state index contributed by atoms with van der Waals surface area (Å²) in [6, 6.07) is 0. The van der Waals surface area contributed by atoms with Gasteiger partial charge in [-0.1, -0.05) is 194 Å². The van der Waals surface area contributed by atoms with Gasteiger partial charge in [0.05, 0.1) is 0 Å². The van der Waals surface area contributed by atoms with E-state index in [4.69, 9.17) is 14.2 Å². The lowest BCUT2D eigenvalue weighted by Gasteiger charge is -2.24. The Morgan fingerprint density at radius 2 is 0.833 bits per heavy atom. The van der Waals surface area contributed by atoms with Crippen molar-refractivity contribution < 1.29 is 28.6 Å². The molecule has 1 atom stereocenters. The van der Waals surface area contributed by atoms with Gasteiger partial charge in [-0.2, -0.15) is 0 Å². The molecule has 0 aromatic heterocycles. The van der Waals surface area contributed by atoms with Crippen LogP contribution in [0.15, 0.2) is 11.5 Å². The maximum absolute atomic E-state index is 12.9. The Morgan fingerprint density at radius 3 is 1.19 bits per heavy atom. The van der Waals surface area contributed by atoms with Crippen molar-refractivity contribution in [2.24, 2.45) is 0 Å². The zero-order chi connectivity index (χ0) is 34.9. The minimum absolute atomic E-state index is 0.0324. The molecular weight excluding hydrogens is 600 g/mol. The molecule has 0 spiro atoms. The first-order valence-corrected chi connectivity index (χ1v) is 20.8. The van der Waals surface area contributed by atoms with Gasteiger partial charge in [-0.25, -0.2) is 0 Å². The number of carbonyl (C=O) groups excluding carboxylic acids is 3. The second-order valence-electron chi connectivity index (χ2n) is 14.4. The molecule has 6 heteroatoms. The molecule has 1 aliphatic rings. The van der Waals surface area contributed by atoms with Crippen LogP contribution in [0.1, 0.15) is 226 Å². The van der Waals surface area contributed by atoms with Crippen LogP contribution in [0.2, 0.25) is 0 Å². The van der Waals surface area contributed by atoms with E-state index in [1.54, 1.807) is 6.92 Å². The summed E-state index contributed by atoms with van der Waals surface area (Å²) in [4.78, 5) is 37.8. The van der Waals surface area contributed by atoms with Gasteiger partial charge >= 0.3 is 11.9 Å². The molecule has 0 aromatic carbocycles. The second-order valence-corrected chi connectivity index (χ2v) is 14.4. The van der Waals surface area contributed by atoms with Gasteiger partial charge in [-0.05, 0) is 19.8 Å². The lowest BCUT2D eigenvalue weighted by atomic mass is 10.0. The van der Waals surface area contributed by atoms with Gasteiger partial charge in [0.1, 0.15) is 12.4 Å². The summed E-state index contributed by atoms with van der Waals surface area (Å²) in [5, 5.41) is 0. The molecule has 0 amide bonds. The molecule has 0 fully saturated rings. The van der Waals surface area contributed by atoms with Gasteiger partial charge in [-0.15, -0.1) is 0 Å². The van der Waals surface area contributed by atoms with Gasteiger partial charge in [0.15, 0.2) is 0 Å². The van der Waals surface area contributed by atoms with Gasteiger partial charge in [0, 0.05) is 12.8 Å². The van der Waals surface area contributed by atoms with Crippen LogP contribution in [-0.4, -0.2) is 30.4 Å². The highest BCUT2D eigenvalue weighted by Gasteiger charge is 2.35. The molecular formula is C42H76O6. The van der Waals surface area contributed by atoms with E-state index in [0.717, 1.165) is 38.5 Å². The van der Waals surface area contributed by atoms with Crippen molar-refractivity contribution in [1.82, 2.24) is 0 Å². The van der Waals surface area contributed by atoms with Crippen LogP contribution in [0.3, 0.4) is 0 Å². The number of ketones is 1. The van der Waals surface area contributed by atoms with Gasteiger partial charge in [-0.3, -0.25) is 14.4 Å². The Labute approximate surface area is 296 Å². The molecule has 280 valence electrons. The summed E-state index contributed by atoms with van der Waals surface area (Å²) in [7, 11) is 0. The summed E-state index contributed by atoms with van der Waals surface area (Å²) < 4.78 is 16.4. The van der Waals surface area contributed by atoms with E-state index in [2.05, 4.69) is 13.8 Å². The predicted molar refractivity (Wildman–Crippen MR) is 199 cm³/mol. The lowest BCUT2D eigenvalue weighted by Crippen LogP contribution is -2.38. The largest absolute Gasteiger partial charge is 0.490 e.